The fourth-order valence-electron chi connectivity index (χ4n) is 0.747. The number of rotatable bonds is 5. The summed E-state index contributed by atoms with van der Waals surface area (Å²) in [5.74, 6) is -2.41. The second-order valence-electron chi connectivity index (χ2n) is 2.87. The van der Waals surface area contributed by atoms with Crippen LogP contribution in [0.2, 0.25) is 0 Å². The topological polar surface area (TPSA) is 63.6 Å². The number of halogens is 1. The molecule has 4 nitrogen and oxygen atoms in total. The van der Waals surface area contributed by atoms with E-state index in [1.54, 1.807) is 0 Å². The second kappa shape index (κ2) is 5.36. The molecule has 0 spiro atoms. The highest BCUT2D eigenvalue weighted by molar-refractivity contribution is 5.87. The predicted molar refractivity (Wildman–Crippen MR) is 47.5 cm³/mol. The van der Waals surface area contributed by atoms with E-state index in [-0.39, 0.29) is 12.0 Å². The second-order valence-corrected chi connectivity index (χ2v) is 2.87. The molecule has 0 saturated heterocycles. The molecule has 0 unspecified atom stereocenters. The summed E-state index contributed by atoms with van der Waals surface area (Å²) < 4.78 is 17.5. The van der Waals surface area contributed by atoms with Crippen LogP contribution in [0.1, 0.15) is 20.3 Å². The van der Waals surface area contributed by atoms with E-state index in [4.69, 9.17) is 5.11 Å². The van der Waals surface area contributed by atoms with Crippen molar-refractivity contribution in [1.82, 2.24) is 0 Å². The summed E-state index contributed by atoms with van der Waals surface area (Å²) in [5, 5.41) is 8.35. The summed E-state index contributed by atoms with van der Waals surface area (Å²) in [6.45, 7) is 6.24. The smallest absolute Gasteiger partial charge is 0.342 e. The molecule has 80 valence electrons. The zero-order valence-electron chi connectivity index (χ0n) is 8.12. The Morgan fingerprint density at radius 2 is 2.07 bits per heavy atom. The van der Waals surface area contributed by atoms with Gasteiger partial charge < -0.3 is 9.84 Å². The van der Waals surface area contributed by atoms with E-state index in [9.17, 15) is 14.0 Å². The molecule has 0 fully saturated rings. The fraction of sp³-hybridized carbons (Fsp3) is 0.556. The Hall–Kier alpha value is -1.39. The maximum absolute atomic E-state index is 12.9. The van der Waals surface area contributed by atoms with E-state index in [2.05, 4.69) is 11.3 Å². The lowest BCUT2D eigenvalue weighted by molar-refractivity contribution is -0.157. The number of esters is 1. The van der Waals surface area contributed by atoms with Gasteiger partial charge in [-0.1, -0.05) is 13.5 Å². The molecular formula is C9H13FO4. The summed E-state index contributed by atoms with van der Waals surface area (Å²) in [7, 11) is 0. The number of hydrogen-bond donors (Lipinski definition) is 1. The summed E-state index contributed by atoms with van der Waals surface area (Å²) >= 11 is 0. The van der Waals surface area contributed by atoms with Gasteiger partial charge in [-0.25, -0.2) is 14.0 Å². The van der Waals surface area contributed by atoms with Gasteiger partial charge in [-0.05, 0) is 13.3 Å². The molecule has 2 atom stereocenters. The van der Waals surface area contributed by atoms with Crippen LogP contribution in [0.3, 0.4) is 0 Å². The Balaban J connectivity index is 4.36. The van der Waals surface area contributed by atoms with Crippen molar-refractivity contribution in [3.63, 3.8) is 0 Å². The van der Waals surface area contributed by atoms with Crippen LogP contribution in [0, 0.1) is 0 Å². The summed E-state index contributed by atoms with van der Waals surface area (Å²) in [4.78, 5) is 21.2. The van der Waals surface area contributed by atoms with Crippen LogP contribution in [0.4, 0.5) is 4.39 Å². The van der Waals surface area contributed by atoms with Gasteiger partial charge in [0.05, 0.1) is 0 Å². The van der Waals surface area contributed by atoms with E-state index in [1.807, 2.05) is 0 Å². The van der Waals surface area contributed by atoms with Crippen molar-refractivity contribution < 1.29 is 23.8 Å². The minimum Gasteiger partial charge on any atom is -0.479 e. The number of carbonyl (C=O) groups excluding carboxylic acids is 1. The van der Waals surface area contributed by atoms with Crippen molar-refractivity contribution in [1.29, 1.82) is 0 Å². The van der Waals surface area contributed by atoms with E-state index >= 15 is 0 Å². The highest BCUT2D eigenvalue weighted by Gasteiger charge is 2.29. The molecule has 1 N–H and O–H groups in total. The van der Waals surface area contributed by atoms with Crippen molar-refractivity contribution in [3.05, 3.63) is 12.2 Å². The normalized spacial score (nSPS) is 14.2. The molecule has 0 aliphatic rings. The number of aliphatic carboxylic acids is 1. The first-order valence-electron chi connectivity index (χ1n) is 4.13. The van der Waals surface area contributed by atoms with Crippen molar-refractivity contribution in [3.8, 4) is 0 Å². The first-order valence-corrected chi connectivity index (χ1v) is 4.13. The SMILES string of the molecule is C=C(C)C(=O)O[C@@H](CC)[C@H](F)C(=O)O. The quantitative estimate of drug-likeness (QED) is 0.541. The van der Waals surface area contributed by atoms with Crippen molar-refractivity contribution in [2.75, 3.05) is 0 Å². The molecule has 14 heavy (non-hydrogen) atoms. The van der Waals surface area contributed by atoms with E-state index in [1.165, 1.54) is 13.8 Å². The first-order chi connectivity index (χ1) is 6.40. The van der Waals surface area contributed by atoms with Gasteiger partial charge in [-0.3, -0.25) is 0 Å². The number of carboxylic acid groups (broad SMARTS) is 1. The van der Waals surface area contributed by atoms with Crippen molar-refractivity contribution in [2.45, 2.75) is 32.5 Å². The summed E-state index contributed by atoms with van der Waals surface area (Å²) in [6, 6.07) is 0. The third-order valence-electron chi connectivity index (χ3n) is 1.57. The van der Waals surface area contributed by atoms with Crippen LogP contribution in [0.15, 0.2) is 12.2 Å². The largest absolute Gasteiger partial charge is 0.479 e. The van der Waals surface area contributed by atoms with Crippen molar-refractivity contribution in [2.24, 2.45) is 0 Å². The molecule has 0 aromatic carbocycles. The lowest BCUT2D eigenvalue weighted by Gasteiger charge is -2.17. The highest BCUT2D eigenvalue weighted by atomic mass is 19.1. The van der Waals surface area contributed by atoms with Gasteiger partial charge >= 0.3 is 11.9 Å². The van der Waals surface area contributed by atoms with Crippen LogP contribution in [-0.2, 0) is 14.3 Å². The average Bonchev–Trinajstić information content (AvgIpc) is 2.12. The third kappa shape index (κ3) is 3.55. The van der Waals surface area contributed by atoms with Crippen LogP contribution in [0.25, 0.3) is 0 Å². The van der Waals surface area contributed by atoms with Gasteiger partial charge in [0.15, 0.2) is 0 Å². The summed E-state index contributed by atoms with van der Waals surface area (Å²) in [5.41, 5.74) is 0.112. The van der Waals surface area contributed by atoms with Gasteiger partial charge in [0.25, 0.3) is 0 Å². The minimum absolute atomic E-state index is 0.104. The Kier molecular flexibility index (Phi) is 4.83. The maximum Gasteiger partial charge on any atom is 0.342 e. The maximum atomic E-state index is 12.9. The Morgan fingerprint density at radius 3 is 2.36 bits per heavy atom. The molecule has 5 heteroatoms. The predicted octanol–water partition coefficient (Wildman–Crippen LogP) is 1.31. The number of hydrogen-bond acceptors (Lipinski definition) is 3. The Morgan fingerprint density at radius 1 is 1.57 bits per heavy atom. The number of ether oxygens (including phenoxy) is 1. The fourth-order valence-corrected chi connectivity index (χ4v) is 0.747. The molecular weight excluding hydrogens is 191 g/mol. The lowest BCUT2D eigenvalue weighted by atomic mass is 10.2. The monoisotopic (exact) mass is 204 g/mol. The molecule has 0 radical (unpaired) electrons. The average molecular weight is 204 g/mol. The molecule has 0 rings (SSSR count). The zero-order chi connectivity index (χ0) is 11.3. The molecule has 0 aromatic heterocycles. The third-order valence-corrected chi connectivity index (χ3v) is 1.57. The van der Waals surface area contributed by atoms with E-state index in [0.717, 1.165) is 0 Å². The molecule has 0 amide bonds. The van der Waals surface area contributed by atoms with Crippen LogP contribution < -0.4 is 0 Å². The molecule has 0 aliphatic heterocycles. The minimum atomic E-state index is -2.19. The Bertz CT molecular complexity index is 249. The lowest BCUT2D eigenvalue weighted by Crippen LogP contribution is -2.33. The zero-order valence-corrected chi connectivity index (χ0v) is 8.12. The molecule has 0 saturated carbocycles. The summed E-state index contributed by atoms with van der Waals surface area (Å²) in [6.07, 6.45) is -3.34. The Labute approximate surface area is 81.4 Å². The highest BCUT2D eigenvalue weighted by Crippen LogP contribution is 2.10. The molecule has 0 heterocycles. The first kappa shape index (κ1) is 12.6. The molecule has 0 aromatic rings. The number of carbonyl (C=O) groups is 2. The van der Waals surface area contributed by atoms with Crippen LogP contribution in [-0.4, -0.2) is 29.3 Å². The van der Waals surface area contributed by atoms with E-state index < -0.39 is 24.2 Å². The van der Waals surface area contributed by atoms with Crippen molar-refractivity contribution >= 4 is 11.9 Å². The van der Waals surface area contributed by atoms with Gasteiger partial charge in [-0.2, -0.15) is 0 Å². The van der Waals surface area contributed by atoms with Crippen LogP contribution in [0.5, 0.6) is 0 Å². The number of carboxylic acids is 1. The van der Waals surface area contributed by atoms with Gasteiger partial charge in [0.2, 0.25) is 6.17 Å². The van der Waals surface area contributed by atoms with Crippen LogP contribution >= 0.6 is 0 Å². The van der Waals surface area contributed by atoms with Gasteiger partial charge in [0, 0.05) is 5.57 Å². The molecule has 0 bridgehead atoms. The van der Waals surface area contributed by atoms with Gasteiger partial charge in [-0.15, -0.1) is 0 Å². The standard InChI is InChI=1S/C9H13FO4/c1-4-6(7(10)8(11)12)14-9(13)5(2)3/h6-7H,2,4H2,1,3H3,(H,11,12)/t6-,7-/m0/s1. The molecule has 0 aliphatic carbocycles. The van der Waals surface area contributed by atoms with E-state index in [0.29, 0.717) is 0 Å². The van der Waals surface area contributed by atoms with Gasteiger partial charge in [0.1, 0.15) is 6.10 Å². The number of alkyl halides is 1.